The van der Waals surface area contributed by atoms with E-state index in [2.05, 4.69) is 41.3 Å². The van der Waals surface area contributed by atoms with Gasteiger partial charge in [0.2, 0.25) is 0 Å². The number of benzene rings is 1. The van der Waals surface area contributed by atoms with E-state index in [-0.39, 0.29) is 0 Å². The number of hydrogen-bond acceptors (Lipinski definition) is 3. The van der Waals surface area contributed by atoms with Crippen LogP contribution in [-0.4, -0.2) is 28.3 Å². The molecular formula is C14H20N4. The number of aromatic nitrogens is 2. The van der Waals surface area contributed by atoms with Crippen LogP contribution < -0.4 is 5.73 Å². The van der Waals surface area contributed by atoms with E-state index in [1.807, 2.05) is 23.1 Å². The Morgan fingerprint density at radius 1 is 1.28 bits per heavy atom. The van der Waals surface area contributed by atoms with E-state index in [1.54, 1.807) is 0 Å². The Bertz CT molecular complexity index is 464. The van der Waals surface area contributed by atoms with Crippen LogP contribution in [0.25, 0.3) is 0 Å². The van der Waals surface area contributed by atoms with E-state index in [0.717, 1.165) is 19.6 Å². The van der Waals surface area contributed by atoms with Crippen LogP contribution in [-0.2, 0) is 19.6 Å². The summed E-state index contributed by atoms with van der Waals surface area (Å²) in [7, 11) is 2.12. The lowest BCUT2D eigenvalue weighted by Crippen LogP contribution is -2.23. The molecule has 96 valence electrons. The zero-order valence-corrected chi connectivity index (χ0v) is 10.8. The van der Waals surface area contributed by atoms with Crippen molar-refractivity contribution < 1.29 is 0 Å². The van der Waals surface area contributed by atoms with Crippen molar-refractivity contribution in [3.8, 4) is 0 Å². The standard InChI is InChI=1S/C14H20N4/c1-17(8-9-18-7-3-6-16-18)12-14-5-2-4-13(10-14)11-15/h2-7,10H,8-9,11-12,15H2,1H3. The van der Waals surface area contributed by atoms with Crippen LogP contribution >= 0.6 is 0 Å². The van der Waals surface area contributed by atoms with Gasteiger partial charge in [0, 0.05) is 32.0 Å². The molecule has 0 bridgehead atoms. The lowest BCUT2D eigenvalue weighted by molar-refractivity contribution is 0.305. The molecule has 1 heterocycles. The summed E-state index contributed by atoms with van der Waals surface area (Å²) in [6, 6.07) is 10.4. The fraction of sp³-hybridized carbons (Fsp3) is 0.357. The summed E-state index contributed by atoms with van der Waals surface area (Å²) in [6.45, 7) is 3.44. The molecule has 0 saturated heterocycles. The maximum atomic E-state index is 5.65. The second-order valence-electron chi connectivity index (χ2n) is 4.53. The molecule has 0 saturated carbocycles. The van der Waals surface area contributed by atoms with Crippen LogP contribution in [0, 0.1) is 0 Å². The predicted octanol–water partition coefficient (Wildman–Crippen LogP) is 1.47. The van der Waals surface area contributed by atoms with Crippen LogP contribution in [0.2, 0.25) is 0 Å². The molecule has 0 aliphatic carbocycles. The molecule has 4 nitrogen and oxygen atoms in total. The van der Waals surface area contributed by atoms with Gasteiger partial charge in [-0.3, -0.25) is 4.68 Å². The molecule has 2 N–H and O–H groups in total. The van der Waals surface area contributed by atoms with Gasteiger partial charge < -0.3 is 10.6 Å². The smallest absolute Gasteiger partial charge is 0.0536 e. The molecule has 18 heavy (non-hydrogen) atoms. The second kappa shape index (κ2) is 6.33. The molecule has 0 aliphatic heterocycles. The Kier molecular flexibility index (Phi) is 4.50. The van der Waals surface area contributed by atoms with Crippen LogP contribution in [0.1, 0.15) is 11.1 Å². The van der Waals surface area contributed by atoms with Crippen molar-refractivity contribution >= 4 is 0 Å². The first kappa shape index (κ1) is 12.8. The highest BCUT2D eigenvalue weighted by atomic mass is 15.3. The Labute approximate surface area is 108 Å². The third-order valence-electron chi connectivity index (χ3n) is 2.95. The predicted molar refractivity (Wildman–Crippen MR) is 72.9 cm³/mol. The lowest BCUT2D eigenvalue weighted by atomic mass is 10.1. The Balaban J connectivity index is 1.84. The fourth-order valence-electron chi connectivity index (χ4n) is 1.95. The molecule has 0 atom stereocenters. The van der Waals surface area contributed by atoms with E-state index in [4.69, 9.17) is 5.73 Å². The largest absolute Gasteiger partial charge is 0.326 e. The number of rotatable bonds is 6. The zero-order valence-electron chi connectivity index (χ0n) is 10.8. The van der Waals surface area contributed by atoms with Gasteiger partial charge in [-0.1, -0.05) is 24.3 Å². The van der Waals surface area contributed by atoms with Gasteiger partial charge in [-0.25, -0.2) is 0 Å². The van der Waals surface area contributed by atoms with Crippen molar-refractivity contribution in [2.75, 3.05) is 13.6 Å². The molecule has 0 aliphatic rings. The number of likely N-dealkylation sites (N-methyl/N-ethyl adjacent to an activating group) is 1. The molecule has 0 unspecified atom stereocenters. The van der Waals surface area contributed by atoms with E-state index in [1.165, 1.54) is 11.1 Å². The normalized spacial score (nSPS) is 11.1. The minimum Gasteiger partial charge on any atom is -0.326 e. The molecule has 0 radical (unpaired) electrons. The van der Waals surface area contributed by atoms with E-state index < -0.39 is 0 Å². The topological polar surface area (TPSA) is 47.1 Å². The number of nitrogens with two attached hydrogens (primary N) is 1. The summed E-state index contributed by atoms with van der Waals surface area (Å²) in [5.41, 5.74) is 8.14. The third-order valence-corrected chi connectivity index (χ3v) is 2.95. The second-order valence-corrected chi connectivity index (χ2v) is 4.53. The first-order valence-corrected chi connectivity index (χ1v) is 6.22. The molecule has 0 spiro atoms. The highest BCUT2D eigenvalue weighted by Gasteiger charge is 2.01. The number of nitrogens with zero attached hydrogens (tertiary/aromatic N) is 3. The maximum Gasteiger partial charge on any atom is 0.0536 e. The summed E-state index contributed by atoms with van der Waals surface area (Å²) < 4.78 is 1.95. The quantitative estimate of drug-likeness (QED) is 0.837. The maximum absolute atomic E-state index is 5.65. The van der Waals surface area contributed by atoms with Crippen LogP contribution in [0.15, 0.2) is 42.7 Å². The van der Waals surface area contributed by atoms with Crippen LogP contribution in [0.3, 0.4) is 0 Å². The summed E-state index contributed by atoms with van der Waals surface area (Å²) in [5, 5.41) is 4.20. The Hall–Kier alpha value is -1.65. The minimum absolute atomic E-state index is 0.602. The van der Waals surface area contributed by atoms with Crippen molar-refractivity contribution in [1.29, 1.82) is 0 Å². The van der Waals surface area contributed by atoms with E-state index in [9.17, 15) is 0 Å². The Morgan fingerprint density at radius 3 is 2.83 bits per heavy atom. The van der Waals surface area contributed by atoms with Crippen molar-refractivity contribution in [3.63, 3.8) is 0 Å². The molecular weight excluding hydrogens is 224 g/mol. The third kappa shape index (κ3) is 3.68. The summed E-state index contributed by atoms with van der Waals surface area (Å²) in [5.74, 6) is 0. The minimum atomic E-state index is 0.602. The SMILES string of the molecule is CN(CCn1cccn1)Cc1cccc(CN)c1. The van der Waals surface area contributed by atoms with Gasteiger partial charge in [-0.05, 0) is 24.2 Å². The van der Waals surface area contributed by atoms with Gasteiger partial charge >= 0.3 is 0 Å². The first-order valence-electron chi connectivity index (χ1n) is 6.22. The van der Waals surface area contributed by atoms with Gasteiger partial charge in [0.15, 0.2) is 0 Å². The molecule has 2 aromatic rings. The molecule has 4 heteroatoms. The Morgan fingerprint density at radius 2 is 2.11 bits per heavy atom. The monoisotopic (exact) mass is 244 g/mol. The zero-order chi connectivity index (χ0) is 12.8. The summed E-state index contributed by atoms with van der Waals surface area (Å²) >= 11 is 0. The van der Waals surface area contributed by atoms with Gasteiger partial charge in [-0.2, -0.15) is 5.10 Å². The van der Waals surface area contributed by atoms with E-state index >= 15 is 0 Å². The van der Waals surface area contributed by atoms with Crippen molar-refractivity contribution in [3.05, 3.63) is 53.9 Å². The van der Waals surface area contributed by atoms with Gasteiger partial charge in [0.05, 0.1) is 6.54 Å². The lowest BCUT2D eigenvalue weighted by Gasteiger charge is -2.17. The average molecular weight is 244 g/mol. The van der Waals surface area contributed by atoms with Gasteiger partial charge in [-0.15, -0.1) is 0 Å². The average Bonchev–Trinajstić information content (AvgIpc) is 2.90. The molecule has 1 aromatic carbocycles. The number of hydrogen-bond donors (Lipinski definition) is 1. The van der Waals surface area contributed by atoms with Crippen LogP contribution in [0.5, 0.6) is 0 Å². The summed E-state index contributed by atoms with van der Waals surface area (Å²) in [6.07, 6.45) is 3.80. The van der Waals surface area contributed by atoms with Gasteiger partial charge in [0.1, 0.15) is 0 Å². The van der Waals surface area contributed by atoms with E-state index in [0.29, 0.717) is 6.54 Å². The van der Waals surface area contributed by atoms with Crippen molar-refractivity contribution in [2.24, 2.45) is 5.73 Å². The highest BCUT2D eigenvalue weighted by Crippen LogP contribution is 2.07. The molecule has 0 fully saturated rings. The molecule has 0 amide bonds. The van der Waals surface area contributed by atoms with Gasteiger partial charge in [0.25, 0.3) is 0 Å². The fourth-order valence-corrected chi connectivity index (χ4v) is 1.95. The molecule has 1 aromatic heterocycles. The van der Waals surface area contributed by atoms with Crippen molar-refractivity contribution in [2.45, 2.75) is 19.6 Å². The highest BCUT2D eigenvalue weighted by molar-refractivity contribution is 5.23. The van der Waals surface area contributed by atoms with Crippen molar-refractivity contribution in [1.82, 2.24) is 14.7 Å². The van der Waals surface area contributed by atoms with Crippen LogP contribution in [0.4, 0.5) is 0 Å². The first-order chi connectivity index (χ1) is 8.78. The molecule has 2 rings (SSSR count). The summed E-state index contributed by atoms with van der Waals surface area (Å²) in [4.78, 5) is 2.29.